The zero-order valence-electron chi connectivity index (χ0n) is 11.5. The van der Waals surface area contributed by atoms with E-state index in [2.05, 4.69) is 9.97 Å². The highest BCUT2D eigenvalue weighted by molar-refractivity contribution is 7.15. The van der Waals surface area contributed by atoms with Crippen molar-refractivity contribution < 1.29 is 22.7 Å². The van der Waals surface area contributed by atoms with E-state index in [-0.39, 0.29) is 28.0 Å². The topological polar surface area (TPSA) is 52.1 Å². The van der Waals surface area contributed by atoms with Crippen LogP contribution in [-0.4, -0.2) is 22.5 Å². The van der Waals surface area contributed by atoms with Crippen molar-refractivity contribution in [1.82, 2.24) is 9.97 Å². The number of hydrogen-bond donors (Lipinski definition) is 0. The van der Waals surface area contributed by atoms with Gasteiger partial charge in [0.05, 0.1) is 17.2 Å². The van der Waals surface area contributed by atoms with Crippen LogP contribution < -0.4 is 0 Å². The number of nitrogens with zero attached hydrogens (tertiary/aromatic N) is 2. The molecule has 0 saturated carbocycles. The summed E-state index contributed by atoms with van der Waals surface area (Å²) in [5.74, 6) is -0.592. The molecule has 2 heterocycles. The number of ether oxygens (including phenoxy) is 1. The third kappa shape index (κ3) is 3.38. The van der Waals surface area contributed by atoms with Crippen LogP contribution in [0, 0.1) is 6.92 Å². The summed E-state index contributed by atoms with van der Waals surface area (Å²) < 4.78 is 42.6. The van der Waals surface area contributed by atoms with Crippen molar-refractivity contribution in [2.75, 3.05) is 6.61 Å². The van der Waals surface area contributed by atoms with Gasteiger partial charge in [0.25, 0.3) is 0 Å². The molecule has 0 aliphatic rings. The van der Waals surface area contributed by atoms with Crippen molar-refractivity contribution in [3.05, 3.63) is 33.4 Å². The van der Waals surface area contributed by atoms with Gasteiger partial charge in [0.2, 0.25) is 0 Å². The van der Waals surface area contributed by atoms with Crippen LogP contribution in [0.2, 0.25) is 5.02 Å². The third-order valence-corrected chi connectivity index (χ3v) is 3.90. The van der Waals surface area contributed by atoms with Crippen LogP contribution in [0.25, 0.3) is 10.7 Å². The predicted molar refractivity (Wildman–Crippen MR) is 76.1 cm³/mol. The van der Waals surface area contributed by atoms with Crippen LogP contribution in [0.1, 0.15) is 27.9 Å². The summed E-state index contributed by atoms with van der Waals surface area (Å²) in [7, 11) is 0. The van der Waals surface area contributed by atoms with Gasteiger partial charge >= 0.3 is 12.1 Å². The van der Waals surface area contributed by atoms with E-state index < -0.39 is 17.7 Å². The molecule has 22 heavy (non-hydrogen) atoms. The average molecular weight is 351 g/mol. The molecule has 0 radical (unpaired) electrons. The van der Waals surface area contributed by atoms with E-state index in [0.29, 0.717) is 11.1 Å². The summed E-state index contributed by atoms with van der Waals surface area (Å²) in [4.78, 5) is 20.1. The minimum atomic E-state index is -4.52. The Morgan fingerprint density at radius 2 is 2.14 bits per heavy atom. The lowest BCUT2D eigenvalue weighted by molar-refractivity contribution is -0.137. The Kier molecular flexibility index (Phi) is 4.72. The quantitative estimate of drug-likeness (QED) is 0.772. The first kappa shape index (κ1) is 16.7. The van der Waals surface area contributed by atoms with Gasteiger partial charge in [-0.2, -0.15) is 13.2 Å². The molecule has 2 aromatic rings. The summed E-state index contributed by atoms with van der Waals surface area (Å²) in [5.41, 5.74) is -0.738. The number of rotatable bonds is 3. The number of alkyl halides is 3. The fraction of sp³-hybridized carbons (Fsp3) is 0.308. The Bertz CT molecular complexity index is 716. The number of aryl methyl sites for hydroxylation is 1. The molecule has 0 amide bonds. The molecule has 0 saturated heterocycles. The van der Waals surface area contributed by atoms with Crippen molar-refractivity contribution in [3.8, 4) is 10.7 Å². The maximum Gasteiger partial charge on any atom is 0.417 e. The summed E-state index contributed by atoms with van der Waals surface area (Å²) in [6, 6.07) is 0.782. The summed E-state index contributed by atoms with van der Waals surface area (Å²) in [6.45, 7) is 3.52. The first-order valence-electron chi connectivity index (χ1n) is 6.11. The van der Waals surface area contributed by atoms with Gasteiger partial charge in [-0.15, -0.1) is 11.3 Å². The SMILES string of the molecule is CCOC(=O)c1nc(-c2ncc(C(F)(F)F)cc2Cl)sc1C. The first-order valence-corrected chi connectivity index (χ1v) is 7.31. The number of pyridine rings is 1. The van der Waals surface area contributed by atoms with Gasteiger partial charge in [-0.05, 0) is 19.9 Å². The van der Waals surface area contributed by atoms with Crippen LogP contribution in [0.3, 0.4) is 0 Å². The normalized spacial score (nSPS) is 11.5. The lowest BCUT2D eigenvalue weighted by Gasteiger charge is -2.07. The van der Waals surface area contributed by atoms with Crippen LogP contribution in [0.5, 0.6) is 0 Å². The Hall–Kier alpha value is -1.67. The van der Waals surface area contributed by atoms with Crippen LogP contribution in [-0.2, 0) is 10.9 Å². The highest BCUT2D eigenvalue weighted by Crippen LogP contribution is 2.35. The number of carbonyl (C=O) groups excluding carboxylic acids is 1. The molecule has 4 nitrogen and oxygen atoms in total. The Balaban J connectivity index is 2.41. The molecule has 0 N–H and O–H groups in total. The maximum atomic E-state index is 12.6. The van der Waals surface area contributed by atoms with Gasteiger partial charge in [0.1, 0.15) is 10.7 Å². The molecule has 0 unspecified atom stereocenters. The van der Waals surface area contributed by atoms with Crippen LogP contribution in [0.15, 0.2) is 12.3 Å². The smallest absolute Gasteiger partial charge is 0.417 e. The highest BCUT2D eigenvalue weighted by Gasteiger charge is 2.32. The Morgan fingerprint density at radius 1 is 1.45 bits per heavy atom. The molecule has 118 valence electrons. The van der Waals surface area contributed by atoms with Crippen molar-refractivity contribution in [2.45, 2.75) is 20.0 Å². The zero-order chi connectivity index (χ0) is 16.5. The van der Waals surface area contributed by atoms with Gasteiger partial charge in [-0.1, -0.05) is 11.6 Å². The molecular weight excluding hydrogens is 341 g/mol. The Morgan fingerprint density at radius 3 is 2.68 bits per heavy atom. The van der Waals surface area contributed by atoms with Crippen molar-refractivity contribution in [2.24, 2.45) is 0 Å². The molecule has 9 heteroatoms. The fourth-order valence-electron chi connectivity index (χ4n) is 1.64. The predicted octanol–water partition coefficient (Wildman–Crippen LogP) is 4.36. The minimum absolute atomic E-state index is 0.0957. The lowest BCUT2D eigenvalue weighted by Crippen LogP contribution is -2.07. The third-order valence-electron chi connectivity index (χ3n) is 2.64. The average Bonchev–Trinajstić information content (AvgIpc) is 2.79. The summed E-state index contributed by atoms with van der Waals surface area (Å²) in [5, 5.41) is 0.0817. The lowest BCUT2D eigenvalue weighted by atomic mass is 10.2. The second-order valence-corrected chi connectivity index (χ2v) is 5.81. The molecule has 0 spiro atoms. The zero-order valence-corrected chi connectivity index (χ0v) is 13.1. The van der Waals surface area contributed by atoms with Gasteiger partial charge in [0, 0.05) is 11.1 Å². The van der Waals surface area contributed by atoms with Crippen molar-refractivity contribution in [1.29, 1.82) is 0 Å². The van der Waals surface area contributed by atoms with Crippen LogP contribution in [0.4, 0.5) is 13.2 Å². The molecule has 0 bridgehead atoms. The van der Waals surface area contributed by atoms with Gasteiger partial charge < -0.3 is 4.74 Å². The first-order chi connectivity index (χ1) is 10.2. The molecule has 0 aliphatic heterocycles. The number of aromatic nitrogens is 2. The molecule has 2 rings (SSSR count). The molecule has 2 aromatic heterocycles. The fourth-order valence-corrected chi connectivity index (χ4v) is 2.86. The Labute approximate surface area is 132 Å². The van der Waals surface area contributed by atoms with E-state index in [1.165, 1.54) is 0 Å². The maximum absolute atomic E-state index is 12.6. The van der Waals surface area contributed by atoms with E-state index in [1.807, 2.05) is 0 Å². The van der Waals surface area contributed by atoms with Crippen molar-refractivity contribution in [3.63, 3.8) is 0 Å². The van der Waals surface area contributed by atoms with E-state index in [1.54, 1.807) is 13.8 Å². The summed E-state index contributed by atoms with van der Waals surface area (Å²) in [6.07, 6.45) is -3.84. The van der Waals surface area contributed by atoms with E-state index in [9.17, 15) is 18.0 Å². The number of carbonyl (C=O) groups is 1. The molecule has 0 fully saturated rings. The minimum Gasteiger partial charge on any atom is -0.461 e. The van der Waals surface area contributed by atoms with Gasteiger partial charge in [-0.3, -0.25) is 4.98 Å². The number of halogens is 4. The van der Waals surface area contributed by atoms with E-state index in [4.69, 9.17) is 16.3 Å². The van der Waals surface area contributed by atoms with E-state index >= 15 is 0 Å². The summed E-state index contributed by atoms with van der Waals surface area (Å²) >= 11 is 6.97. The molecular formula is C13H10ClF3N2O2S. The monoisotopic (exact) mass is 350 g/mol. The number of hydrogen-bond acceptors (Lipinski definition) is 5. The second kappa shape index (κ2) is 6.21. The largest absolute Gasteiger partial charge is 0.461 e. The van der Waals surface area contributed by atoms with Gasteiger partial charge in [-0.25, -0.2) is 9.78 Å². The second-order valence-electron chi connectivity index (χ2n) is 4.20. The van der Waals surface area contributed by atoms with Crippen LogP contribution >= 0.6 is 22.9 Å². The van der Waals surface area contributed by atoms with Crippen molar-refractivity contribution >= 4 is 28.9 Å². The molecule has 0 aliphatic carbocycles. The molecule has 0 atom stereocenters. The van der Waals surface area contributed by atoms with E-state index in [0.717, 1.165) is 17.4 Å². The molecule has 0 aromatic carbocycles. The number of esters is 1. The standard InChI is InChI=1S/C13H10ClF3N2O2S/c1-3-21-12(20)9-6(2)22-11(19-9)10-8(14)4-7(5-18-10)13(15,16)17/h4-5H,3H2,1-2H3. The van der Waals surface area contributed by atoms with Gasteiger partial charge in [0.15, 0.2) is 5.69 Å². The number of thiazole rings is 1. The highest BCUT2D eigenvalue weighted by atomic mass is 35.5.